The van der Waals surface area contributed by atoms with Crippen molar-refractivity contribution in [1.82, 2.24) is 4.90 Å². The first-order valence-electron chi connectivity index (χ1n) is 19.5. The van der Waals surface area contributed by atoms with E-state index in [1.165, 1.54) is 50.5 Å². The van der Waals surface area contributed by atoms with Gasteiger partial charge in [0.1, 0.15) is 18.6 Å². The van der Waals surface area contributed by atoms with Crippen molar-refractivity contribution in [2.45, 2.75) is 84.3 Å². The monoisotopic (exact) mass is 727 g/mol. The van der Waals surface area contributed by atoms with Gasteiger partial charge in [-0.25, -0.2) is 0 Å². The molecule has 0 N–H and O–H groups in total. The molecule has 1 amide bonds. The quantitative estimate of drug-likeness (QED) is 0.0808. The van der Waals surface area contributed by atoms with Crippen LogP contribution >= 0.6 is 0 Å². The number of hydrogen-bond acceptors (Lipinski definition) is 11. The Kier molecular flexibility index (Phi) is 30.1. The number of ether oxygens (including phenoxy) is 10. The molecular formula is C39H69NO11. The number of amides is 1. The normalized spacial score (nSPS) is 13.8. The topological polar surface area (TPSA) is 113 Å². The number of aryl methyl sites for hydroxylation is 1. The minimum Gasteiger partial charge on any atom is -0.491 e. The van der Waals surface area contributed by atoms with E-state index in [-0.39, 0.29) is 12.1 Å². The maximum Gasteiger partial charge on any atom is 0.224 e. The summed E-state index contributed by atoms with van der Waals surface area (Å²) in [7, 11) is 0. The second-order valence-corrected chi connectivity index (χ2v) is 12.4. The Hall–Kier alpha value is -1.87. The first kappa shape index (κ1) is 45.3. The van der Waals surface area contributed by atoms with Gasteiger partial charge in [-0.05, 0) is 43.9 Å². The van der Waals surface area contributed by atoms with Crippen LogP contribution in [0.3, 0.4) is 0 Å². The third-order valence-corrected chi connectivity index (χ3v) is 8.23. The zero-order valence-electron chi connectivity index (χ0n) is 31.8. The van der Waals surface area contributed by atoms with Crippen LogP contribution in [0.15, 0.2) is 24.3 Å². The fourth-order valence-electron chi connectivity index (χ4n) is 5.32. The van der Waals surface area contributed by atoms with Crippen molar-refractivity contribution in [2.24, 2.45) is 0 Å². The van der Waals surface area contributed by atoms with Gasteiger partial charge in [-0.2, -0.15) is 0 Å². The fraction of sp³-hybridized carbons (Fsp3) is 0.821. The molecule has 0 spiro atoms. The summed E-state index contributed by atoms with van der Waals surface area (Å²) in [6.07, 6.45) is 11.8. The first-order valence-corrected chi connectivity index (χ1v) is 19.5. The summed E-state index contributed by atoms with van der Waals surface area (Å²) in [6.45, 7) is 14.0. The molecule has 1 aromatic rings. The average molecular weight is 728 g/mol. The lowest BCUT2D eigenvalue weighted by Crippen LogP contribution is -2.36. The van der Waals surface area contributed by atoms with Crippen LogP contribution < -0.4 is 4.74 Å². The largest absolute Gasteiger partial charge is 0.491 e. The summed E-state index contributed by atoms with van der Waals surface area (Å²) in [5.74, 6) is 1.05. The molecule has 2 rings (SSSR count). The van der Waals surface area contributed by atoms with E-state index in [1.807, 2.05) is 6.92 Å². The van der Waals surface area contributed by atoms with Crippen molar-refractivity contribution in [3.8, 4) is 5.75 Å². The summed E-state index contributed by atoms with van der Waals surface area (Å²) >= 11 is 0. The Balaban J connectivity index is 1.19. The lowest BCUT2D eigenvalue weighted by Gasteiger charge is -2.24. The molecule has 0 saturated carbocycles. The van der Waals surface area contributed by atoms with Crippen molar-refractivity contribution in [1.29, 1.82) is 0 Å². The Bertz CT molecular complexity index is 908. The SMILES string of the molecule is CCCCCCCCCc1ccc(OCCOCCOCCOCCOCCOCCOCCOCCOCCO[C@@H](C)N2CCCC2=O)cc1. The lowest BCUT2D eigenvalue weighted by atomic mass is 10.0. The molecule has 12 nitrogen and oxygen atoms in total. The second-order valence-electron chi connectivity index (χ2n) is 12.4. The number of carbonyl (C=O) groups excluding carboxylic acids is 1. The average Bonchev–Trinajstić information content (AvgIpc) is 3.58. The van der Waals surface area contributed by atoms with E-state index in [2.05, 4.69) is 31.2 Å². The number of nitrogens with zero attached hydrogens (tertiary/aromatic N) is 1. The number of rotatable bonds is 38. The maximum atomic E-state index is 11.7. The molecule has 0 aliphatic carbocycles. The molecule has 1 fully saturated rings. The number of unbranched alkanes of at least 4 members (excludes halogenated alkanes) is 6. The van der Waals surface area contributed by atoms with Gasteiger partial charge in [0.15, 0.2) is 0 Å². The second kappa shape index (κ2) is 33.9. The van der Waals surface area contributed by atoms with E-state index in [9.17, 15) is 4.79 Å². The molecule has 1 aromatic carbocycles. The van der Waals surface area contributed by atoms with E-state index in [0.717, 1.165) is 25.1 Å². The van der Waals surface area contributed by atoms with Gasteiger partial charge in [-0.15, -0.1) is 0 Å². The number of benzene rings is 1. The van der Waals surface area contributed by atoms with E-state index in [4.69, 9.17) is 47.4 Å². The molecule has 0 radical (unpaired) electrons. The predicted octanol–water partition coefficient (Wildman–Crippen LogP) is 5.48. The summed E-state index contributed by atoms with van der Waals surface area (Å²) in [5.41, 5.74) is 1.38. The van der Waals surface area contributed by atoms with Crippen molar-refractivity contribution < 1.29 is 52.2 Å². The highest BCUT2D eigenvalue weighted by Crippen LogP contribution is 2.16. The molecule has 296 valence electrons. The van der Waals surface area contributed by atoms with Gasteiger partial charge >= 0.3 is 0 Å². The molecule has 12 heteroatoms. The maximum absolute atomic E-state index is 11.7. The summed E-state index contributed by atoms with van der Waals surface area (Å²) in [4.78, 5) is 13.5. The van der Waals surface area contributed by atoms with Gasteiger partial charge in [0, 0.05) is 13.0 Å². The summed E-state index contributed by atoms with van der Waals surface area (Å²) in [6, 6.07) is 8.45. The first-order chi connectivity index (χ1) is 25.2. The lowest BCUT2D eigenvalue weighted by molar-refractivity contribution is -0.140. The molecule has 1 atom stereocenters. The zero-order chi connectivity index (χ0) is 36.3. The molecule has 1 aliphatic heterocycles. The third kappa shape index (κ3) is 26.5. The molecule has 0 aromatic heterocycles. The Morgan fingerprint density at radius 3 is 1.39 bits per heavy atom. The summed E-state index contributed by atoms with van der Waals surface area (Å²) < 4.78 is 55.6. The van der Waals surface area contributed by atoms with Crippen LogP contribution in [0.5, 0.6) is 5.75 Å². The zero-order valence-corrected chi connectivity index (χ0v) is 31.8. The third-order valence-electron chi connectivity index (χ3n) is 8.23. The van der Waals surface area contributed by atoms with Crippen LogP contribution in [0.4, 0.5) is 0 Å². The number of hydrogen-bond donors (Lipinski definition) is 0. The molecule has 1 saturated heterocycles. The van der Waals surface area contributed by atoms with Gasteiger partial charge in [0.25, 0.3) is 0 Å². The molecule has 1 aliphatic rings. The van der Waals surface area contributed by atoms with Gasteiger partial charge in [-0.3, -0.25) is 4.79 Å². The van der Waals surface area contributed by atoms with Crippen molar-refractivity contribution in [3.63, 3.8) is 0 Å². The van der Waals surface area contributed by atoms with Crippen molar-refractivity contribution in [3.05, 3.63) is 29.8 Å². The fourth-order valence-corrected chi connectivity index (χ4v) is 5.32. The smallest absolute Gasteiger partial charge is 0.224 e. The van der Waals surface area contributed by atoms with E-state index >= 15 is 0 Å². The Labute approximate surface area is 308 Å². The van der Waals surface area contributed by atoms with Crippen molar-refractivity contribution in [2.75, 3.05) is 125 Å². The van der Waals surface area contributed by atoms with Crippen LogP contribution in [0.25, 0.3) is 0 Å². The molecule has 51 heavy (non-hydrogen) atoms. The van der Waals surface area contributed by atoms with Gasteiger partial charge in [0.2, 0.25) is 5.91 Å². The van der Waals surface area contributed by atoms with E-state index in [1.54, 1.807) is 4.90 Å². The van der Waals surface area contributed by atoms with Crippen LogP contribution in [0.2, 0.25) is 0 Å². The van der Waals surface area contributed by atoms with Gasteiger partial charge < -0.3 is 52.3 Å². The van der Waals surface area contributed by atoms with Gasteiger partial charge in [-0.1, -0.05) is 57.6 Å². The van der Waals surface area contributed by atoms with Gasteiger partial charge in [0.05, 0.1) is 112 Å². The molecule has 1 heterocycles. The minimum absolute atomic E-state index is 0.163. The highest BCUT2D eigenvalue weighted by molar-refractivity contribution is 5.78. The highest BCUT2D eigenvalue weighted by Gasteiger charge is 2.25. The van der Waals surface area contributed by atoms with E-state index in [0.29, 0.717) is 125 Å². The van der Waals surface area contributed by atoms with Crippen LogP contribution in [0, 0.1) is 0 Å². The molecule has 0 unspecified atom stereocenters. The predicted molar refractivity (Wildman–Crippen MR) is 197 cm³/mol. The Morgan fingerprint density at radius 2 is 0.961 bits per heavy atom. The van der Waals surface area contributed by atoms with Crippen LogP contribution in [-0.2, 0) is 53.8 Å². The van der Waals surface area contributed by atoms with E-state index < -0.39 is 0 Å². The highest BCUT2D eigenvalue weighted by atomic mass is 16.6. The minimum atomic E-state index is -0.196. The number of carbonyl (C=O) groups is 1. The van der Waals surface area contributed by atoms with Crippen molar-refractivity contribution >= 4 is 5.91 Å². The summed E-state index contributed by atoms with van der Waals surface area (Å²) in [5, 5.41) is 0. The van der Waals surface area contributed by atoms with Crippen LogP contribution in [0.1, 0.15) is 77.2 Å². The Morgan fingerprint density at radius 1 is 0.549 bits per heavy atom. The van der Waals surface area contributed by atoms with Crippen LogP contribution in [-0.4, -0.2) is 143 Å². The number of likely N-dealkylation sites (tertiary alicyclic amines) is 1. The standard InChI is InChI=1S/C39H69NO11/c1-3-4-5-6-7-8-9-11-37-13-15-38(16-14-37)51-35-33-49-31-29-47-27-25-45-23-21-43-19-18-42-20-22-44-24-26-46-28-30-48-32-34-50-36(2)40-17-10-12-39(40)41/h13-16,36H,3-12,17-35H2,1-2H3/t36-/m0/s1. The molecule has 0 bridgehead atoms. The molecular weight excluding hydrogens is 658 g/mol.